The van der Waals surface area contributed by atoms with Crippen molar-refractivity contribution in [2.75, 3.05) is 26.2 Å². The van der Waals surface area contributed by atoms with Crippen molar-refractivity contribution in [3.63, 3.8) is 0 Å². The van der Waals surface area contributed by atoms with Crippen molar-refractivity contribution in [1.29, 1.82) is 5.41 Å². The van der Waals surface area contributed by atoms with Gasteiger partial charge in [0.25, 0.3) is 5.97 Å². The highest BCUT2D eigenvalue weighted by Gasteiger charge is 2.40. The predicted molar refractivity (Wildman–Crippen MR) is 167 cm³/mol. The molecule has 0 radical (unpaired) electrons. The number of aliphatic hydroxyl groups is 1. The van der Waals surface area contributed by atoms with Gasteiger partial charge in [-0.25, -0.2) is 0 Å². The number of amides is 8. The third kappa shape index (κ3) is 15.3. The number of carboxylic acids is 1. The number of rotatable bonds is 17. The van der Waals surface area contributed by atoms with Gasteiger partial charge in [0.05, 0.1) is 19.6 Å². The number of nitrogens with one attached hydrogen (secondary N) is 7. The average molecular weight is 700 g/mol. The van der Waals surface area contributed by atoms with E-state index in [0.717, 1.165) is 11.8 Å². The number of aliphatic carboxylic acids is 1. The van der Waals surface area contributed by atoms with Gasteiger partial charge >= 0.3 is 0 Å². The highest BCUT2D eigenvalue weighted by molar-refractivity contribution is 5.98. The molecule has 0 saturated carbocycles. The molecular weight excluding hydrogens is 654 g/mol. The van der Waals surface area contributed by atoms with Crippen LogP contribution in [0.5, 0.6) is 0 Å². The smallest absolute Gasteiger partial charge is 0.300 e. The van der Waals surface area contributed by atoms with E-state index in [1.165, 1.54) is 0 Å². The zero-order chi connectivity index (χ0) is 37.3. The third-order valence-electron chi connectivity index (χ3n) is 7.04. The summed E-state index contributed by atoms with van der Waals surface area (Å²) in [6.45, 7) is -0.00164. The van der Waals surface area contributed by atoms with E-state index in [9.17, 15) is 43.5 Å². The summed E-state index contributed by atoms with van der Waals surface area (Å²) < 4.78 is 0. The lowest BCUT2D eigenvalue weighted by Crippen LogP contribution is -2.60. The first-order valence-corrected chi connectivity index (χ1v) is 15.2. The minimum absolute atomic E-state index is 0.0735. The van der Waals surface area contributed by atoms with Crippen LogP contribution in [0.3, 0.4) is 0 Å². The van der Waals surface area contributed by atoms with Crippen LogP contribution in [0, 0.1) is 5.41 Å². The van der Waals surface area contributed by atoms with Crippen LogP contribution in [0.25, 0.3) is 0 Å². The van der Waals surface area contributed by atoms with Crippen LogP contribution in [0.2, 0.25) is 0 Å². The van der Waals surface area contributed by atoms with E-state index in [0.29, 0.717) is 6.42 Å². The maximum absolute atomic E-state index is 13.4. The Hall–Kier alpha value is -5.54. The van der Waals surface area contributed by atoms with Crippen LogP contribution >= 0.6 is 0 Å². The number of carboxylic acid groups (broad SMARTS) is 1. The minimum Gasteiger partial charge on any atom is -0.481 e. The summed E-state index contributed by atoms with van der Waals surface area (Å²) in [5.74, 6) is -7.23. The quantitative estimate of drug-likeness (QED) is 0.0382. The maximum Gasteiger partial charge on any atom is 0.300 e. The first-order valence-electron chi connectivity index (χ1n) is 15.2. The molecule has 2 fully saturated rings. The molecule has 0 bridgehead atoms. The molecular formula is C27H45N11O11. The van der Waals surface area contributed by atoms with Gasteiger partial charge in [-0.3, -0.25) is 48.6 Å². The fourth-order valence-corrected chi connectivity index (χ4v) is 4.82. The number of carbonyl (C=O) groups excluding carboxylic acids is 8. The maximum atomic E-state index is 13.4. The van der Waals surface area contributed by atoms with E-state index in [1.54, 1.807) is 0 Å². The minimum atomic E-state index is -1.57. The molecule has 8 amide bonds. The number of aliphatic hydroxyl groups excluding tert-OH is 1. The standard InChI is InChI=1S/C25H41N11O9.C2H4O2/c26-17(38)9-14(34-21(42)13-5-6-19(40)32-13)22(43)35-15(11-37)24(45)36-8-2-4-16(36)23(44)33-12(3-1-7-30-25(28)29)20(41)31-10-18(27)39;1-2(3)4/h12-16,37H,1-11H2,(H2,26,38)(H2,27,39)(H,31,41)(H,32,40)(H,33,44)(H,34,42)(H,35,43)(H4,28,29,30);1H3,(H,3,4)/t12-,13-,14-,15-,16-;/m0./s1. The lowest BCUT2D eigenvalue weighted by molar-refractivity contribution is -0.143. The molecule has 0 aromatic heterocycles. The van der Waals surface area contributed by atoms with Crippen molar-refractivity contribution in [2.24, 2.45) is 17.2 Å². The molecule has 0 aromatic rings. The van der Waals surface area contributed by atoms with Gasteiger partial charge in [0.2, 0.25) is 47.3 Å². The Bertz CT molecular complexity index is 1270. The number of hydrogen-bond donors (Lipinski definition) is 12. The lowest BCUT2D eigenvalue weighted by atomic mass is 10.1. The summed E-state index contributed by atoms with van der Waals surface area (Å²) in [6.07, 6.45) is 0.575. The second-order valence-electron chi connectivity index (χ2n) is 11.1. The molecule has 0 aliphatic carbocycles. The van der Waals surface area contributed by atoms with Crippen molar-refractivity contribution in [3.05, 3.63) is 0 Å². The molecule has 2 saturated heterocycles. The number of likely N-dealkylation sites (tertiary alicyclic amines) is 1. The van der Waals surface area contributed by atoms with Crippen LogP contribution in [0.15, 0.2) is 0 Å². The Labute approximate surface area is 280 Å². The van der Waals surface area contributed by atoms with Crippen LogP contribution in [0.4, 0.5) is 0 Å². The average Bonchev–Trinajstić information content (AvgIpc) is 3.68. The molecule has 5 atom stereocenters. The second-order valence-corrected chi connectivity index (χ2v) is 11.1. The Morgan fingerprint density at radius 2 is 1.55 bits per heavy atom. The summed E-state index contributed by atoms with van der Waals surface area (Å²) in [4.78, 5) is 109. The summed E-state index contributed by atoms with van der Waals surface area (Å²) in [6, 6.07) is -6.25. The second kappa shape index (κ2) is 20.6. The molecule has 0 aromatic carbocycles. The van der Waals surface area contributed by atoms with E-state index < -0.39 is 97.1 Å². The molecule has 2 aliphatic rings. The largest absolute Gasteiger partial charge is 0.481 e. The molecule has 15 N–H and O–H groups in total. The van der Waals surface area contributed by atoms with Crippen molar-refractivity contribution < 1.29 is 53.4 Å². The van der Waals surface area contributed by atoms with Crippen LogP contribution in [-0.4, -0.2) is 131 Å². The van der Waals surface area contributed by atoms with Crippen molar-refractivity contribution >= 4 is 59.2 Å². The van der Waals surface area contributed by atoms with Gasteiger partial charge in [-0.05, 0) is 32.1 Å². The summed E-state index contributed by atoms with van der Waals surface area (Å²) in [7, 11) is 0. The highest BCUT2D eigenvalue weighted by Crippen LogP contribution is 2.19. The number of carbonyl (C=O) groups is 9. The van der Waals surface area contributed by atoms with Gasteiger partial charge in [0, 0.05) is 26.4 Å². The van der Waals surface area contributed by atoms with Gasteiger partial charge in [0.1, 0.15) is 30.2 Å². The van der Waals surface area contributed by atoms with Gasteiger partial charge in [-0.15, -0.1) is 0 Å². The molecule has 2 rings (SSSR count). The van der Waals surface area contributed by atoms with E-state index in [4.69, 9.17) is 32.5 Å². The van der Waals surface area contributed by atoms with Crippen molar-refractivity contribution in [3.8, 4) is 0 Å². The Morgan fingerprint density at radius 3 is 2.08 bits per heavy atom. The fraction of sp³-hybridized carbons (Fsp3) is 0.630. The van der Waals surface area contributed by atoms with Crippen LogP contribution < -0.4 is 49.1 Å². The lowest BCUT2D eigenvalue weighted by Gasteiger charge is -2.30. The molecule has 274 valence electrons. The molecule has 0 spiro atoms. The van der Waals surface area contributed by atoms with Gasteiger partial charge in [-0.1, -0.05) is 0 Å². The first kappa shape index (κ1) is 41.5. The Kier molecular flexibility index (Phi) is 17.5. The number of nitrogens with two attached hydrogens (primary N) is 3. The predicted octanol–water partition coefficient (Wildman–Crippen LogP) is -6.47. The number of guanidine groups is 1. The number of hydrogen-bond acceptors (Lipinski definition) is 11. The molecule has 49 heavy (non-hydrogen) atoms. The Balaban J connectivity index is 0.00000283. The fourth-order valence-electron chi connectivity index (χ4n) is 4.82. The van der Waals surface area contributed by atoms with Gasteiger partial charge in [0.15, 0.2) is 5.96 Å². The van der Waals surface area contributed by atoms with Crippen LogP contribution in [-0.2, 0) is 43.2 Å². The van der Waals surface area contributed by atoms with E-state index >= 15 is 0 Å². The highest BCUT2D eigenvalue weighted by atomic mass is 16.4. The Morgan fingerprint density at radius 1 is 0.918 bits per heavy atom. The zero-order valence-electron chi connectivity index (χ0n) is 26.9. The topological polar surface area (TPSA) is 371 Å². The first-order chi connectivity index (χ1) is 23.0. The summed E-state index contributed by atoms with van der Waals surface area (Å²) >= 11 is 0. The molecule has 2 aliphatic heterocycles. The van der Waals surface area contributed by atoms with Crippen LogP contribution in [0.1, 0.15) is 51.9 Å². The van der Waals surface area contributed by atoms with Crippen molar-refractivity contribution in [2.45, 2.75) is 82.1 Å². The third-order valence-corrected chi connectivity index (χ3v) is 7.04. The summed E-state index contributed by atoms with van der Waals surface area (Å²) in [5.41, 5.74) is 15.6. The number of primary amides is 2. The van der Waals surface area contributed by atoms with E-state index in [-0.39, 0.29) is 57.1 Å². The van der Waals surface area contributed by atoms with Crippen molar-refractivity contribution in [1.82, 2.24) is 36.8 Å². The normalized spacial score (nSPS) is 18.2. The van der Waals surface area contributed by atoms with E-state index in [1.807, 2.05) is 0 Å². The molecule has 2 heterocycles. The molecule has 22 heteroatoms. The van der Waals surface area contributed by atoms with Gasteiger partial charge < -0.3 is 64.2 Å². The SMILES string of the molecule is CC(=O)O.N=C(N)NCCC[C@H](NC(=O)[C@@H]1CCCN1C(=O)[C@H](CO)NC(=O)[C@H](CC(N)=O)NC(=O)[C@@H]1CCC(=O)N1)C(=O)NCC(N)=O. The summed E-state index contributed by atoms with van der Waals surface area (Å²) in [5, 5.41) is 39.0. The molecule has 22 nitrogen and oxygen atoms in total. The van der Waals surface area contributed by atoms with E-state index in [2.05, 4.69) is 31.9 Å². The monoisotopic (exact) mass is 699 g/mol. The number of nitrogens with zero attached hydrogens (tertiary/aromatic N) is 1. The van der Waals surface area contributed by atoms with Gasteiger partial charge in [-0.2, -0.15) is 0 Å². The zero-order valence-corrected chi connectivity index (χ0v) is 26.9. The molecule has 0 unspecified atom stereocenters.